The van der Waals surface area contributed by atoms with Gasteiger partial charge in [0.15, 0.2) is 0 Å². The van der Waals surface area contributed by atoms with Crippen molar-refractivity contribution in [1.82, 2.24) is 10.3 Å². The summed E-state index contributed by atoms with van der Waals surface area (Å²) in [4.78, 5) is 16.3. The van der Waals surface area contributed by atoms with Crippen LogP contribution in [-0.2, 0) is 0 Å². The highest BCUT2D eigenvalue weighted by molar-refractivity contribution is 6.33. The second-order valence-electron chi connectivity index (χ2n) is 5.11. The monoisotopic (exact) mass is 282 g/mol. The van der Waals surface area contributed by atoms with Crippen molar-refractivity contribution in [2.45, 2.75) is 38.6 Å². The van der Waals surface area contributed by atoms with Gasteiger partial charge in [-0.05, 0) is 25.8 Å². The average molecular weight is 283 g/mol. The quantitative estimate of drug-likeness (QED) is 0.894. The van der Waals surface area contributed by atoms with Crippen LogP contribution in [0.1, 0.15) is 41.7 Å². The SMILES string of the molecule is Cc1cc(Cl)c(C(=O)NC2CCCCC2CO)cn1. The normalized spacial score (nSPS) is 23.1. The molecule has 1 aromatic rings. The summed E-state index contributed by atoms with van der Waals surface area (Å²) in [5, 5.41) is 12.7. The smallest absolute Gasteiger partial charge is 0.254 e. The molecule has 104 valence electrons. The predicted molar refractivity (Wildman–Crippen MR) is 74.3 cm³/mol. The summed E-state index contributed by atoms with van der Waals surface area (Å²) in [5.74, 6) is -0.0577. The number of nitrogens with one attached hydrogen (secondary N) is 1. The molecule has 0 aromatic carbocycles. The first-order valence-electron chi connectivity index (χ1n) is 6.65. The zero-order chi connectivity index (χ0) is 13.8. The molecule has 0 spiro atoms. The Morgan fingerprint density at radius 1 is 1.53 bits per heavy atom. The molecule has 1 aliphatic rings. The van der Waals surface area contributed by atoms with Gasteiger partial charge < -0.3 is 10.4 Å². The van der Waals surface area contributed by atoms with Crippen molar-refractivity contribution < 1.29 is 9.90 Å². The molecule has 2 N–H and O–H groups in total. The van der Waals surface area contributed by atoms with Crippen molar-refractivity contribution in [3.8, 4) is 0 Å². The van der Waals surface area contributed by atoms with Crippen LogP contribution in [-0.4, -0.2) is 28.6 Å². The van der Waals surface area contributed by atoms with Crippen molar-refractivity contribution in [2.75, 3.05) is 6.61 Å². The van der Waals surface area contributed by atoms with Crippen LogP contribution >= 0.6 is 11.6 Å². The van der Waals surface area contributed by atoms with Gasteiger partial charge in [0, 0.05) is 30.5 Å². The minimum atomic E-state index is -0.206. The standard InChI is InChI=1S/C14H19ClN2O2/c1-9-6-12(15)11(7-16-9)14(19)17-13-5-3-2-4-10(13)8-18/h6-7,10,13,18H,2-5,8H2,1H3,(H,17,19). The molecule has 2 rings (SSSR count). The van der Waals surface area contributed by atoms with Crippen LogP contribution in [0.15, 0.2) is 12.3 Å². The molecule has 0 saturated heterocycles. The maximum Gasteiger partial charge on any atom is 0.254 e. The van der Waals surface area contributed by atoms with Gasteiger partial charge in [0.05, 0.1) is 10.6 Å². The third kappa shape index (κ3) is 3.45. The zero-order valence-corrected chi connectivity index (χ0v) is 11.8. The van der Waals surface area contributed by atoms with Crippen molar-refractivity contribution in [3.05, 3.63) is 28.5 Å². The number of aryl methyl sites for hydroxylation is 1. The van der Waals surface area contributed by atoms with Crippen LogP contribution in [0.4, 0.5) is 0 Å². The Morgan fingerprint density at radius 2 is 2.26 bits per heavy atom. The summed E-state index contributed by atoms with van der Waals surface area (Å²) in [7, 11) is 0. The number of carbonyl (C=O) groups is 1. The Labute approximate surface area is 118 Å². The van der Waals surface area contributed by atoms with Gasteiger partial charge in [0.2, 0.25) is 0 Å². The number of aromatic nitrogens is 1. The Balaban J connectivity index is 2.07. The molecule has 0 bridgehead atoms. The molecule has 2 atom stereocenters. The zero-order valence-electron chi connectivity index (χ0n) is 11.0. The maximum atomic E-state index is 12.2. The van der Waals surface area contributed by atoms with E-state index >= 15 is 0 Å². The van der Waals surface area contributed by atoms with E-state index in [2.05, 4.69) is 10.3 Å². The van der Waals surface area contributed by atoms with Crippen molar-refractivity contribution in [2.24, 2.45) is 5.92 Å². The summed E-state index contributed by atoms with van der Waals surface area (Å²) in [5.41, 5.74) is 1.18. The number of hydrogen-bond donors (Lipinski definition) is 2. The molecule has 1 heterocycles. The fourth-order valence-electron chi connectivity index (χ4n) is 2.56. The van der Waals surface area contributed by atoms with Crippen LogP contribution in [0.2, 0.25) is 5.02 Å². The molecule has 0 aliphatic heterocycles. The summed E-state index contributed by atoms with van der Waals surface area (Å²) in [6, 6.07) is 1.71. The lowest BCUT2D eigenvalue weighted by atomic mass is 9.85. The largest absolute Gasteiger partial charge is 0.396 e. The number of amides is 1. The molecule has 1 fully saturated rings. The lowest BCUT2D eigenvalue weighted by molar-refractivity contribution is 0.0872. The molecule has 0 radical (unpaired) electrons. The first-order valence-corrected chi connectivity index (χ1v) is 7.03. The van der Waals surface area contributed by atoms with Crippen molar-refractivity contribution in [1.29, 1.82) is 0 Å². The Hall–Kier alpha value is -1.13. The fraction of sp³-hybridized carbons (Fsp3) is 0.571. The molecule has 1 aliphatic carbocycles. The summed E-state index contributed by atoms with van der Waals surface area (Å²) in [6.07, 6.45) is 5.57. The van der Waals surface area contributed by atoms with E-state index in [0.29, 0.717) is 10.6 Å². The van der Waals surface area contributed by atoms with Crippen LogP contribution in [0.3, 0.4) is 0 Å². The summed E-state index contributed by atoms with van der Waals surface area (Å²) < 4.78 is 0. The number of nitrogens with zero attached hydrogens (tertiary/aromatic N) is 1. The second-order valence-corrected chi connectivity index (χ2v) is 5.52. The summed E-state index contributed by atoms with van der Waals surface area (Å²) >= 11 is 6.06. The number of halogens is 1. The number of aliphatic hydroxyl groups excluding tert-OH is 1. The number of hydrogen-bond acceptors (Lipinski definition) is 3. The van der Waals surface area contributed by atoms with E-state index in [9.17, 15) is 9.90 Å². The average Bonchev–Trinajstić information content (AvgIpc) is 2.39. The fourth-order valence-corrected chi connectivity index (χ4v) is 2.85. The molecule has 5 heteroatoms. The topological polar surface area (TPSA) is 62.2 Å². The van der Waals surface area contributed by atoms with Gasteiger partial charge in [-0.2, -0.15) is 0 Å². The molecular weight excluding hydrogens is 264 g/mol. The minimum Gasteiger partial charge on any atom is -0.396 e. The van der Waals surface area contributed by atoms with Crippen LogP contribution in [0.25, 0.3) is 0 Å². The number of rotatable bonds is 3. The second kappa shape index (κ2) is 6.35. The van der Waals surface area contributed by atoms with Gasteiger partial charge >= 0.3 is 0 Å². The van der Waals surface area contributed by atoms with Gasteiger partial charge in [0.25, 0.3) is 5.91 Å². The van der Waals surface area contributed by atoms with E-state index in [4.69, 9.17) is 11.6 Å². The summed E-state index contributed by atoms with van der Waals surface area (Å²) in [6.45, 7) is 1.95. The first-order chi connectivity index (χ1) is 9.11. The molecular formula is C14H19ClN2O2. The molecule has 1 amide bonds. The Kier molecular flexibility index (Phi) is 4.77. The van der Waals surface area contributed by atoms with E-state index in [0.717, 1.165) is 31.4 Å². The molecule has 1 saturated carbocycles. The van der Waals surface area contributed by atoms with Gasteiger partial charge in [-0.15, -0.1) is 0 Å². The van der Waals surface area contributed by atoms with E-state index in [-0.39, 0.29) is 24.5 Å². The maximum absolute atomic E-state index is 12.2. The van der Waals surface area contributed by atoms with E-state index in [1.165, 1.54) is 6.20 Å². The molecule has 2 unspecified atom stereocenters. The third-order valence-corrected chi connectivity index (χ3v) is 4.01. The third-order valence-electron chi connectivity index (χ3n) is 3.69. The van der Waals surface area contributed by atoms with Crippen LogP contribution < -0.4 is 5.32 Å². The molecule has 1 aromatic heterocycles. The van der Waals surface area contributed by atoms with Crippen LogP contribution in [0.5, 0.6) is 0 Å². The minimum absolute atomic E-state index is 0.0311. The van der Waals surface area contributed by atoms with E-state index in [1.807, 2.05) is 6.92 Å². The predicted octanol–water partition coefficient (Wildman–Crippen LogP) is 2.32. The molecule has 19 heavy (non-hydrogen) atoms. The van der Waals surface area contributed by atoms with Gasteiger partial charge in [0.1, 0.15) is 0 Å². The lowest BCUT2D eigenvalue weighted by Gasteiger charge is -2.30. The van der Waals surface area contributed by atoms with Crippen LogP contribution in [0, 0.1) is 12.8 Å². The Bertz CT molecular complexity index is 465. The Morgan fingerprint density at radius 3 is 2.95 bits per heavy atom. The van der Waals surface area contributed by atoms with E-state index in [1.54, 1.807) is 6.07 Å². The number of aliphatic hydroxyl groups is 1. The highest BCUT2D eigenvalue weighted by Crippen LogP contribution is 2.25. The van der Waals surface area contributed by atoms with Crippen molar-refractivity contribution >= 4 is 17.5 Å². The highest BCUT2D eigenvalue weighted by Gasteiger charge is 2.26. The highest BCUT2D eigenvalue weighted by atomic mass is 35.5. The van der Waals surface area contributed by atoms with Gasteiger partial charge in [-0.3, -0.25) is 9.78 Å². The molecule has 4 nitrogen and oxygen atoms in total. The van der Waals surface area contributed by atoms with Crippen molar-refractivity contribution in [3.63, 3.8) is 0 Å². The van der Waals surface area contributed by atoms with Gasteiger partial charge in [-0.25, -0.2) is 0 Å². The number of pyridine rings is 1. The van der Waals surface area contributed by atoms with Gasteiger partial charge in [-0.1, -0.05) is 24.4 Å². The number of carbonyl (C=O) groups excluding carboxylic acids is 1. The van der Waals surface area contributed by atoms with E-state index < -0.39 is 0 Å². The first kappa shape index (κ1) is 14.3. The lowest BCUT2D eigenvalue weighted by Crippen LogP contribution is -2.43.